The molecule has 0 saturated carbocycles. The highest BCUT2D eigenvalue weighted by molar-refractivity contribution is 6.33. The standard InChI is InChI=1S/C7H5ClN4O/c1-12-7(13)4-2-3-9-6(8)5(4)10-11-12/h2-3H,1H3. The van der Waals surface area contributed by atoms with Crippen molar-refractivity contribution in [1.82, 2.24) is 20.0 Å². The first kappa shape index (κ1) is 8.12. The molecule has 2 aromatic rings. The van der Waals surface area contributed by atoms with Gasteiger partial charge in [0.15, 0.2) is 5.15 Å². The zero-order chi connectivity index (χ0) is 9.42. The lowest BCUT2D eigenvalue weighted by atomic mass is 10.3. The third-order valence-corrected chi connectivity index (χ3v) is 1.96. The van der Waals surface area contributed by atoms with E-state index in [1.807, 2.05) is 0 Å². The van der Waals surface area contributed by atoms with Crippen molar-refractivity contribution in [1.29, 1.82) is 0 Å². The number of hydrogen-bond donors (Lipinski definition) is 0. The number of fused-ring (bicyclic) bond motifs is 1. The quantitative estimate of drug-likeness (QED) is 0.572. The van der Waals surface area contributed by atoms with Gasteiger partial charge in [-0.3, -0.25) is 4.79 Å². The Hall–Kier alpha value is -1.49. The fourth-order valence-corrected chi connectivity index (χ4v) is 1.22. The summed E-state index contributed by atoms with van der Waals surface area (Å²) in [5, 5.41) is 7.98. The molecule has 2 aromatic heterocycles. The second kappa shape index (κ2) is 2.77. The van der Waals surface area contributed by atoms with Crippen molar-refractivity contribution in [2.45, 2.75) is 0 Å². The third kappa shape index (κ3) is 1.17. The lowest BCUT2D eigenvalue weighted by Crippen LogP contribution is -2.20. The first-order valence-electron chi connectivity index (χ1n) is 3.54. The maximum atomic E-state index is 11.5. The minimum atomic E-state index is -0.227. The van der Waals surface area contributed by atoms with Crippen LogP contribution in [-0.2, 0) is 7.05 Å². The summed E-state index contributed by atoms with van der Waals surface area (Å²) in [6.45, 7) is 0. The van der Waals surface area contributed by atoms with E-state index in [1.165, 1.54) is 13.2 Å². The Kier molecular flexibility index (Phi) is 1.73. The van der Waals surface area contributed by atoms with Crippen molar-refractivity contribution in [2.24, 2.45) is 7.05 Å². The topological polar surface area (TPSA) is 60.7 Å². The van der Waals surface area contributed by atoms with Crippen LogP contribution in [0.15, 0.2) is 17.1 Å². The van der Waals surface area contributed by atoms with Gasteiger partial charge in [0.05, 0.1) is 5.39 Å². The Morgan fingerprint density at radius 3 is 3.08 bits per heavy atom. The van der Waals surface area contributed by atoms with E-state index in [2.05, 4.69) is 15.3 Å². The number of rotatable bonds is 0. The normalized spacial score (nSPS) is 10.6. The van der Waals surface area contributed by atoms with Crippen LogP contribution in [0.4, 0.5) is 0 Å². The van der Waals surface area contributed by atoms with Gasteiger partial charge in [-0.2, -0.15) is 0 Å². The Morgan fingerprint density at radius 1 is 1.54 bits per heavy atom. The molecule has 0 spiro atoms. The fourth-order valence-electron chi connectivity index (χ4n) is 1.02. The summed E-state index contributed by atoms with van der Waals surface area (Å²) in [6, 6.07) is 1.57. The zero-order valence-corrected chi connectivity index (χ0v) is 7.49. The molecule has 13 heavy (non-hydrogen) atoms. The molecular formula is C7H5ClN4O. The molecule has 0 N–H and O–H groups in total. The van der Waals surface area contributed by atoms with Crippen molar-refractivity contribution in [3.8, 4) is 0 Å². The van der Waals surface area contributed by atoms with Gasteiger partial charge in [-0.05, 0) is 6.07 Å². The van der Waals surface area contributed by atoms with E-state index < -0.39 is 0 Å². The van der Waals surface area contributed by atoms with Crippen molar-refractivity contribution in [3.63, 3.8) is 0 Å². The molecule has 0 radical (unpaired) electrons. The van der Waals surface area contributed by atoms with Gasteiger partial charge in [0.2, 0.25) is 0 Å². The minimum Gasteiger partial charge on any atom is -0.267 e. The summed E-state index contributed by atoms with van der Waals surface area (Å²) in [5.41, 5.74) is 0.113. The molecule has 0 aromatic carbocycles. The number of aryl methyl sites for hydroxylation is 1. The molecule has 0 unspecified atom stereocenters. The van der Waals surface area contributed by atoms with Crippen molar-refractivity contribution < 1.29 is 0 Å². The predicted molar refractivity (Wildman–Crippen MR) is 47.6 cm³/mol. The molecule has 0 aliphatic heterocycles. The Labute approximate surface area is 78.0 Å². The van der Waals surface area contributed by atoms with Gasteiger partial charge < -0.3 is 0 Å². The van der Waals surface area contributed by atoms with Crippen LogP contribution < -0.4 is 5.56 Å². The number of nitrogens with zero attached hydrogens (tertiary/aromatic N) is 4. The molecule has 6 heteroatoms. The second-order valence-electron chi connectivity index (χ2n) is 2.52. The van der Waals surface area contributed by atoms with Gasteiger partial charge in [-0.25, -0.2) is 9.67 Å². The van der Waals surface area contributed by atoms with Crippen LogP contribution in [0.2, 0.25) is 5.15 Å². The molecule has 0 bridgehead atoms. The maximum absolute atomic E-state index is 11.5. The molecule has 0 saturated heterocycles. The minimum absolute atomic E-state index is 0.197. The highest BCUT2D eigenvalue weighted by Crippen LogP contribution is 2.13. The average molecular weight is 197 g/mol. The van der Waals surface area contributed by atoms with Crippen molar-refractivity contribution in [3.05, 3.63) is 27.8 Å². The van der Waals surface area contributed by atoms with E-state index in [4.69, 9.17) is 11.6 Å². The number of hydrogen-bond acceptors (Lipinski definition) is 4. The molecule has 0 fully saturated rings. The molecule has 2 rings (SSSR count). The summed E-state index contributed by atoms with van der Waals surface area (Å²) < 4.78 is 1.15. The highest BCUT2D eigenvalue weighted by atomic mass is 35.5. The number of pyridine rings is 1. The zero-order valence-electron chi connectivity index (χ0n) is 6.73. The van der Waals surface area contributed by atoms with Crippen molar-refractivity contribution >= 4 is 22.5 Å². The summed E-state index contributed by atoms with van der Waals surface area (Å²) >= 11 is 5.72. The molecule has 66 valence electrons. The lowest BCUT2D eigenvalue weighted by molar-refractivity contribution is 0.656. The van der Waals surface area contributed by atoms with Crippen LogP contribution in [0.1, 0.15) is 0 Å². The second-order valence-corrected chi connectivity index (χ2v) is 2.87. The molecule has 2 heterocycles. The van der Waals surface area contributed by atoms with Gasteiger partial charge in [-0.1, -0.05) is 16.8 Å². The SMILES string of the molecule is Cn1nnc2c(Cl)nccc2c1=O. The van der Waals surface area contributed by atoms with E-state index in [0.29, 0.717) is 10.9 Å². The largest absolute Gasteiger partial charge is 0.277 e. The summed E-state index contributed by atoms with van der Waals surface area (Å²) in [7, 11) is 1.53. The van der Waals surface area contributed by atoms with Gasteiger partial charge >= 0.3 is 0 Å². The summed E-state index contributed by atoms with van der Waals surface area (Å²) in [4.78, 5) is 15.2. The fraction of sp³-hybridized carbons (Fsp3) is 0.143. The monoisotopic (exact) mass is 196 g/mol. The van der Waals surface area contributed by atoms with Gasteiger partial charge in [0, 0.05) is 13.2 Å². The van der Waals surface area contributed by atoms with Crippen LogP contribution in [0.5, 0.6) is 0 Å². The lowest BCUT2D eigenvalue weighted by Gasteiger charge is -1.98. The number of aromatic nitrogens is 4. The van der Waals surface area contributed by atoms with Gasteiger partial charge in [-0.15, -0.1) is 5.10 Å². The Bertz CT molecular complexity index is 521. The summed E-state index contributed by atoms with van der Waals surface area (Å²) in [6.07, 6.45) is 1.47. The molecular weight excluding hydrogens is 192 g/mol. The average Bonchev–Trinajstić information content (AvgIpc) is 2.12. The highest BCUT2D eigenvalue weighted by Gasteiger charge is 2.05. The van der Waals surface area contributed by atoms with Crippen LogP contribution >= 0.6 is 11.6 Å². The Balaban J connectivity index is 3.03. The van der Waals surface area contributed by atoms with Crippen LogP contribution in [-0.4, -0.2) is 20.0 Å². The van der Waals surface area contributed by atoms with E-state index in [1.54, 1.807) is 6.07 Å². The predicted octanol–water partition coefficient (Wildman–Crippen LogP) is 0.377. The maximum Gasteiger partial charge on any atom is 0.277 e. The van der Waals surface area contributed by atoms with Crippen LogP contribution in [0, 0.1) is 0 Å². The first-order valence-corrected chi connectivity index (χ1v) is 3.92. The summed E-state index contributed by atoms with van der Waals surface area (Å²) in [5.74, 6) is 0. The molecule has 0 aliphatic rings. The smallest absolute Gasteiger partial charge is 0.267 e. The number of halogens is 1. The molecule has 5 nitrogen and oxygen atoms in total. The van der Waals surface area contributed by atoms with Crippen molar-refractivity contribution in [2.75, 3.05) is 0 Å². The van der Waals surface area contributed by atoms with Gasteiger partial charge in [0.1, 0.15) is 5.52 Å². The molecule has 0 atom stereocenters. The van der Waals surface area contributed by atoms with Crippen LogP contribution in [0.3, 0.4) is 0 Å². The molecule has 0 aliphatic carbocycles. The van der Waals surface area contributed by atoms with Crippen LogP contribution in [0.25, 0.3) is 10.9 Å². The van der Waals surface area contributed by atoms with Gasteiger partial charge in [0.25, 0.3) is 5.56 Å². The van der Waals surface area contributed by atoms with E-state index in [9.17, 15) is 4.79 Å². The first-order chi connectivity index (χ1) is 6.20. The molecule has 0 amide bonds. The Morgan fingerprint density at radius 2 is 2.31 bits per heavy atom. The van der Waals surface area contributed by atoms with E-state index >= 15 is 0 Å². The van der Waals surface area contributed by atoms with E-state index in [0.717, 1.165) is 4.68 Å². The van der Waals surface area contributed by atoms with E-state index in [-0.39, 0.29) is 10.7 Å². The third-order valence-electron chi connectivity index (χ3n) is 1.68.